The summed E-state index contributed by atoms with van der Waals surface area (Å²) in [6, 6.07) is 4.85. The fourth-order valence-corrected chi connectivity index (χ4v) is 1.93. The van der Waals surface area contributed by atoms with Crippen LogP contribution in [0.25, 0.3) is 0 Å². The minimum Gasteiger partial charge on any atom is -0.507 e. The topological polar surface area (TPSA) is 54.4 Å². The van der Waals surface area contributed by atoms with E-state index in [0.29, 0.717) is 19.1 Å². The highest BCUT2D eigenvalue weighted by atomic mass is 16.3. The molecule has 0 aromatic heterocycles. The zero-order valence-corrected chi connectivity index (χ0v) is 12.0. The molecule has 108 valence electrons. The Bertz CT molecular complexity index is 475. The first-order valence-corrected chi connectivity index (χ1v) is 7.13. The van der Waals surface area contributed by atoms with Gasteiger partial charge < -0.3 is 5.11 Å². The maximum absolute atomic E-state index is 11.7. The third-order valence-corrected chi connectivity index (χ3v) is 3.16. The van der Waals surface area contributed by atoms with Crippen LogP contribution in [-0.4, -0.2) is 17.2 Å². The lowest BCUT2D eigenvalue weighted by Gasteiger charge is -2.02. The lowest BCUT2D eigenvalue weighted by Crippen LogP contribution is -1.97. The molecule has 1 N–H and O–H groups in total. The van der Waals surface area contributed by atoms with E-state index in [1.165, 1.54) is 18.9 Å². The smallest absolute Gasteiger partial charge is 0.155 e. The van der Waals surface area contributed by atoms with Crippen molar-refractivity contribution < 1.29 is 14.7 Å². The Hall–Kier alpha value is -1.90. The number of rotatable bonds is 9. The van der Waals surface area contributed by atoms with Gasteiger partial charge in [-0.25, -0.2) is 0 Å². The van der Waals surface area contributed by atoms with Crippen molar-refractivity contribution in [2.45, 2.75) is 45.4 Å². The number of phenolic OH excluding ortho intramolecular Hbond substituents is 1. The number of hydrogen-bond acceptors (Lipinski definition) is 3. The number of carbonyl (C=O) groups is 2. The summed E-state index contributed by atoms with van der Waals surface area (Å²) in [4.78, 5) is 22.4. The standard InChI is InChI=1S/C17H22O3/c1-2-3-4-5-6-7-16(19)10-8-14-9-11-17(20)15(12-14)13-18/h6-7,9,11-13,20H,2-5,8,10H2,1H3/b7-6+. The summed E-state index contributed by atoms with van der Waals surface area (Å²) in [5.74, 6) is 0.0770. The quantitative estimate of drug-likeness (QED) is 0.423. The van der Waals surface area contributed by atoms with E-state index < -0.39 is 0 Å². The minimum absolute atomic E-state index is 0.0223. The molecule has 0 aliphatic carbocycles. The summed E-state index contributed by atoms with van der Waals surface area (Å²) in [7, 11) is 0. The van der Waals surface area contributed by atoms with Crippen LogP contribution < -0.4 is 0 Å². The molecule has 1 aromatic rings. The first kappa shape index (κ1) is 16.2. The second kappa shape index (κ2) is 9.08. The number of aromatic hydroxyl groups is 1. The Morgan fingerprint density at radius 1 is 1.30 bits per heavy atom. The average molecular weight is 274 g/mol. The van der Waals surface area contributed by atoms with Crippen LogP contribution in [0.1, 0.15) is 54.9 Å². The summed E-state index contributed by atoms with van der Waals surface area (Å²) in [5.41, 5.74) is 1.16. The first-order chi connectivity index (χ1) is 9.67. The first-order valence-electron chi connectivity index (χ1n) is 7.13. The molecule has 0 bridgehead atoms. The van der Waals surface area contributed by atoms with Gasteiger partial charge in [-0.15, -0.1) is 0 Å². The van der Waals surface area contributed by atoms with Crippen molar-refractivity contribution in [1.82, 2.24) is 0 Å². The molecule has 3 heteroatoms. The summed E-state index contributed by atoms with van der Waals surface area (Å²) in [5, 5.41) is 9.39. The molecular weight excluding hydrogens is 252 g/mol. The minimum atomic E-state index is -0.0223. The molecule has 0 radical (unpaired) electrons. The predicted octanol–water partition coefficient (Wildman–Crippen LogP) is 3.84. The van der Waals surface area contributed by atoms with Gasteiger partial charge >= 0.3 is 0 Å². The van der Waals surface area contributed by atoms with Crippen LogP contribution in [0.5, 0.6) is 5.75 Å². The number of aryl methyl sites for hydroxylation is 1. The van der Waals surface area contributed by atoms with E-state index in [-0.39, 0.29) is 17.1 Å². The molecule has 0 aliphatic heterocycles. The van der Waals surface area contributed by atoms with E-state index in [0.717, 1.165) is 18.4 Å². The maximum atomic E-state index is 11.7. The van der Waals surface area contributed by atoms with Crippen LogP contribution >= 0.6 is 0 Å². The number of hydrogen-bond donors (Lipinski definition) is 1. The molecule has 0 unspecified atom stereocenters. The van der Waals surface area contributed by atoms with E-state index in [1.54, 1.807) is 18.2 Å². The number of carbonyl (C=O) groups excluding carboxylic acids is 2. The van der Waals surface area contributed by atoms with E-state index in [1.807, 2.05) is 6.08 Å². The Balaban J connectivity index is 2.39. The third-order valence-electron chi connectivity index (χ3n) is 3.16. The highest BCUT2D eigenvalue weighted by molar-refractivity contribution is 5.89. The largest absolute Gasteiger partial charge is 0.507 e. The Morgan fingerprint density at radius 2 is 2.10 bits per heavy atom. The van der Waals surface area contributed by atoms with Crippen LogP contribution in [0.2, 0.25) is 0 Å². The monoisotopic (exact) mass is 274 g/mol. The summed E-state index contributed by atoms with van der Waals surface area (Å²) >= 11 is 0. The lowest BCUT2D eigenvalue weighted by atomic mass is 10.0. The highest BCUT2D eigenvalue weighted by Crippen LogP contribution is 2.17. The normalized spacial score (nSPS) is 10.8. The molecule has 0 heterocycles. The number of allylic oxidation sites excluding steroid dienone is 2. The highest BCUT2D eigenvalue weighted by Gasteiger charge is 2.03. The fourth-order valence-electron chi connectivity index (χ4n) is 1.93. The molecule has 0 spiro atoms. The van der Waals surface area contributed by atoms with Crippen molar-refractivity contribution in [1.29, 1.82) is 0 Å². The summed E-state index contributed by atoms with van der Waals surface area (Å²) < 4.78 is 0. The van der Waals surface area contributed by atoms with E-state index in [9.17, 15) is 14.7 Å². The molecule has 0 amide bonds. The zero-order valence-electron chi connectivity index (χ0n) is 12.0. The SMILES string of the molecule is CCCCC/C=C/C(=O)CCc1ccc(O)c(C=O)c1. The van der Waals surface area contributed by atoms with Crippen molar-refractivity contribution in [3.05, 3.63) is 41.5 Å². The lowest BCUT2D eigenvalue weighted by molar-refractivity contribution is -0.114. The van der Waals surface area contributed by atoms with Gasteiger partial charge in [0.2, 0.25) is 0 Å². The van der Waals surface area contributed by atoms with Crippen molar-refractivity contribution >= 4 is 12.1 Å². The van der Waals surface area contributed by atoms with Crippen LogP contribution in [0.15, 0.2) is 30.4 Å². The molecule has 0 saturated carbocycles. The van der Waals surface area contributed by atoms with E-state index in [2.05, 4.69) is 6.92 Å². The number of phenols is 1. The molecular formula is C17H22O3. The van der Waals surface area contributed by atoms with Crippen LogP contribution in [-0.2, 0) is 11.2 Å². The number of ketones is 1. The summed E-state index contributed by atoms with van der Waals surface area (Å²) in [6.45, 7) is 2.15. The Morgan fingerprint density at radius 3 is 2.80 bits per heavy atom. The Kier molecular flexibility index (Phi) is 7.33. The molecule has 0 aliphatic rings. The second-order valence-electron chi connectivity index (χ2n) is 4.88. The molecule has 3 nitrogen and oxygen atoms in total. The van der Waals surface area contributed by atoms with Gasteiger partial charge in [-0.3, -0.25) is 9.59 Å². The number of unbranched alkanes of at least 4 members (excludes halogenated alkanes) is 3. The molecule has 1 rings (SSSR count). The van der Waals surface area contributed by atoms with Crippen molar-refractivity contribution in [2.75, 3.05) is 0 Å². The van der Waals surface area contributed by atoms with Gasteiger partial charge in [0.15, 0.2) is 12.1 Å². The maximum Gasteiger partial charge on any atom is 0.155 e. The van der Waals surface area contributed by atoms with E-state index >= 15 is 0 Å². The van der Waals surface area contributed by atoms with Gasteiger partial charge in [0.05, 0.1) is 5.56 Å². The molecule has 20 heavy (non-hydrogen) atoms. The third kappa shape index (κ3) is 5.83. The number of benzene rings is 1. The van der Waals surface area contributed by atoms with Crippen LogP contribution in [0.4, 0.5) is 0 Å². The van der Waals surface area contributed by atoms with Crippen molar-refractivity contribution in [3.63, 3.8) is 0 Å². The Labute approximate surface area is 120 Å². The van der Waals surface area contributed by atoms with Gasteiger partial charge in [0.1, 0.15) is 5.75 Å². The molecule has 1 aromatic carbocycles. The van der Waals surface area contributed by atoms with Gasteiger partial charge in [0.25, 0.3) is 0 Å². The molecule has 0 saturated heterocycles. The predicted molar refractivity (Wildman–Crippen MR) is 80.1 cm³/mol. The molecule has 0 atom stereocenters. The van der Waals surface area contributed by atoms with Crippen LogP contribution in [0, 0.1) is 0 Å². The summed E-state index contributed by atoms with van der Waals surface area (Å²) in [6.07, 6.45) is 9.67. The van der Waals surface area contributed by atoms with Crippen LogP contribution in [0.3, 0.4) is 0 Å². The van der Waals surface area contributed by atoms with Gasteiger partial charge in [-0.1, -0.05) is 31.9 Å². The van der Waals surface area contributed by atoms with Crippen molar-refractivity contribution in [3.8, 4) is 5.75 Å². The van der Waals surface area contributed by atoms with Gasteiger partial charge in [0, 0.05) is 6.42 Å². The fraction of sp³-hybridized carbons (Fsp3) is 0.412. The second-order valence-corrected chi connectivity index (χ2v) is 4.88. The van der Waals surface area contributed by atoms with Gasteiger partial charge in [-0.2, -0.15) is 0 Å². The average Bonchev–Trinajstić information content (AvgIpc) is 2.46. The zero-order chi connectivity index (χ0) is 14.8. The number of aldehydes is 1. The van der Waals surface area contributed by atoms with E-state index in [4.69, 9.17) is 0 Å². The molecule has 0 fully saturated rings. The van der Waals surface area contributed by atoms with Crippen molar-refractivity contribution in [2.24, 2.45) is 0 Å². The van der Waals surface area contributed by atoms with Gasteiger partial charge in [-0.05, 0) is 43.0 Å².